The lowest BCUT2D eigenvalue weighted by molar-refractivity contribution is 0.439. The van der Waals surface area contributed by atoms with E-state index in [4.69, 9.17) is 21.9 Å². The van der Waals surface area contributed by atoms with Crippen molar-refractivity contribution in [3.05, 3.63) is 57.8 Å². The fourth-order valence-corrected chi connectivity index (χ4v) is 2.97. The van der Waals surface area contributed by atoms with Crippen molar-refractivity contribution < 1.29 is 8.91 Å². The van der Waals surface area contributed by atoms with Crippen LogP contribution in [0.4, 0.5) is 10.3 Å². The Labute approximate surface area is 133 Å². The lowest BCUT2D eigenvalue weighted by atomic mass is 10.0. The average Bonchev–Trinajstić information content (AvgIpc) is 2.79. The van der Waals surface area contributed by atoms with Gasteiger partial charge in [-0.05, 0) is 35.9 Å². The van der Waals surface area contributed by atoms with Gasteiger partial charge in [0.05, 0.1) is 5.56 Å². The quantitative estimate of drug-likeness (QED) is 0.682. The number of rotatable bonds is 2. The Morgan fingerprint density at radius 2 is 1.95 bits per heavy atom. The molecule has 0 amide bonds. The summed E-state index contributed by atoms with van der Waals surface area (Å²) < 4.78 is 19.3. The lowest BCUT2D eigenvalue weighted by Gasteiger charge is -2.04. The molecular weight excluding hydrogens is 359 g/mol. The molecule has 2 aromatic carbocycles. The van der Waals surface area contributed by atoms with E-state index >= 15 is 0 Å². The number of anilines is 1. The third-order valence-corrected chi connectivity index (χ3v) is 3.64. The van der Waals surface area contributed by atoms with Crippen molar-refractivity contribution in [3.8, 4) is 22.4 Å². The van der Waals surface area contributed by atoms with Crippen LogP contribution in [-0.4, -0.2) is 5.16 Å². The van der Waals surface area contributed by atoms with Crippen LogP contribution >= 0.6 is 27.5 Å². The Balaban J connectivity index is 2.21. The van der Waals surface area contributed by atoms with Crippen molar-refractivity contribution in [1.29, 1.82) is 0 Å². The van der Waals surface area contributed by atoms with Crippen LogP contribution in [0.25, 0.3) is 22.4 Å². The molecule has 0 aliphatic carbocycles. The largest absolute Gasteiger partial charge is 0.367 e. The molecule has 2 N–H and O–H groups in total. The fraction of sp³-hybridized carbons (Fsp3) is 0. The van der Waals surface area contributed by atoms with E-state index in [-0.39, 0.29) is 11.7 Å². The number of nitrogen functional groups attached to an aromatic ring is 1. The lowest BCUT2D eigenvalue weighted by Crippen LogP contribution is -1.89. The van der Waals surface area contributed by atoms with Crippen LogP contribution < -0.4 is 5.73 Å². The smallest absolute Gasteiger partial charge is 0.230 e. The summed E-state index contributed by atoms with van der Waals surface area (Å²) in [5, 5.41) is 4.52. The zero-order valence-corrected chi connectivity index (χ0v) is 13.0. The average molecular weight is 368 g/mol. The van der Waals surface area contributed by atoms with E-state index in [1.165, 1.54) is 12.1 Å². The van der Waals surface area contributed by atoms with Gasteiger partial charge in [-0.1, -0.05) is 44.8 Å². The molecule has 0 unspecified atom stereocenters. The fourth-order valence-electron chi connectivity index (χ4n) is 2.11. The highest BCUT2D eigenvalue weighted by atomic mass is 79.9. The van der Waals surface area contributed by atoms with Crippen molar-refractivity contribution in [2.45, 2.75) is 0 Å². The monoisotopic (exact) mass is 366 g/mol. The first-order valence-corrected chi connectivity index (χ1v) is 7.19. The molecule has 3 rings (SSSR count). The van der Waals surface area contributed by atoms with Crippen LogP contribution in [0.15, 0.2) is 51.5 Å². The standard InChI is InChI=1S/C15H9BrClFN2O/c16-10-4-9(5-11(17)7-10)14-13(15(19)21-20-14)8-2-1-3-12(18)6-8/h1-7H,19H2. The van der Waals surface area contributed by atoms with Crippen molar-refractivity contribution in [1.82, 2.24) is 5.16 Å². The third kappa shape index (κ3) is 2.80. The van der Waals surface area contributed by atoms with E-state index in [1.807, 2.05) is 6.07 Å². The highest BCUT2D eigenvalue weighted by Crippen LogP contribution is 2.38. The van der Waals surface area contributed by atoms with Gasteiger partial charge in [-0.25, -0.2) is 4.39 Å². The molecule has 21 heavy (non-hydrogen) atoms. The molecule has 0 saturated carbocycles. The Morgan fingerprint density at radius 1 is 1.14 bits per heavy atom. The first kappa shape index (κ1) is 14.1. The van der Waals surface area contributed by atoms with Crippen LogP contribution in [0.5, 0.6) is 0 Å². The number of nitrogens with zero attached hydrogens (tertiary/aromatic N) is 1. The highest BCUT2D eigenvalue weighted by Gasteiger charge is 2.18. The summed E-state index contributed by atoms with van der Waals surface area (Å²) in [4.78, 5) is 0. The van der Waals surface area contributed by atoms with Gasteiger partial charge < -0.3 is 10.3 Å². The zero-order valence-electron chi connectivity index (χ0n) is 10.6. The van der Waals surface area contributed by atoms with Crippen LogP contribution in [0.1, 0.15) is 0 Å². The van der Waals surface area contributed by atoms with Gasteiger partial charge in [0.1, 0.15) is 11.5 Å². The van der Waals surface area contributed by atoms with Crippen LogP contribution in [-0.2, 0) is 0 Å². The molecule has 0 saturated heterocycles. The first-order chi connectivity index (χ1) is 10.0. The molecule has 0 aliphatic heterocycles. The Bertz CT molecular complexity index is 799. The van der Waals surface area contributed by atoms with Crippen molar-refractivity contribution >= 4 is 33.4 Å². The maximum absolute atomic E-state index is 13.4. The van der Waals surface area contributed by atoms with Crippen molar-refractivity contribution in [2.75, 3.05) is 5.73 Å². The molecule has 106 valence electrons. The summed E-state index contributed by atoms with van der Waals surface area (Å²) in [6, 6.07) is 11.4. The number of hydrogen-bond donors (Lipinski definition) is 1. The molecule has 1 aromatic heterocycles. The predicted octanol–water partition coefficient (Wildman–Crippen LogP) is 5.15. The molecule has 0 radical (unpaired) electrons. The van der Waals surface area contributed by atoms with Gasteiger partial charge in [-0.3, -0.25) is 0 Å². The molecule has 0 fully saturated rings. The third-order valence-electron chi connectivity index (χ3n) is 2.97. The van der Waals surface area contributed by atoms with E-state index in [0.29, 0.717) is 21.8 Å². The second-order valence-electron chi connectivity index (χ2n) is 4.44. The normalized spacial score (nSPS) is 10.8. The minimum atomic E-state index is -0.355. The molecule has 0 aliphatic rings. The minimum Gasteiger partial charge on any atom is -0.367 e. The predicted molar refractivity (Wildman–Crippen MR) is 84.5 cm³/mol. The second-order valence-corrected chi connectivity index (χ2v) is 5.79. The summed E-state index contributed by atoms with van der Waals surface area (Å²) in [5.41, 5.74) is 8.23. The van der Waals surface area contributed by atoms with E-state index in [9.17, 15) is 4.39 Å². The topological polar surface area (TPSA) is 52.0 Å². The molecule has 1 heterocycles. The SMILES string of the molecule is Nc1onc(-c2cc(Cl)cc(Br)c2)c1-c1cccc(F)c1. The maximum Gasteiger partial charge on any atom is 0.230 e. The van der Waals surface area contributed by atoms with Gasteiger partial charge in [0.15, 0.2) is 0 Å². The molecule has 0 atom stereocenters. The first-order valence-electron chi connectivity index (χ1n) is 6.02. The summed E-state index contributed by atoms with van der Waals surface area (Å²) in [6.45, 7) is 0. The number of halogens is 3. The van der Waals surface area contributed by atoms with Crippen LogP contribution in [0.2, 0.25) is 5.02 Å². The number of nitrogens with two attached hydrogens (primary N) is 1. The number of aromatic nitrogens is 1. The zero-order chi connectivity index (χ0) is 15.0. The number of hydrogen-bond acceptors (Lipinski definition) is 3. The summed E-state index contributed by atoms with van der Waals surface area (Å²) in [7, 11) is 0. The Morgan fingerprint density at radius 3 is 2.67 bits per heavy atom. The summed E-state index contributed by atoms with van der Waals surface area (Å²) in [6.07, 6.45) is 0. The van der Waals surface area contributed by atoms with E-state index in [1.54, 1.807) is 24.3 Å². The van der Waals surface area contributed by atoms with Gasteiger partial charge in [0.25, 0.3) is 0 Å². The van der Waals surface area contributed by atoms with Gasteiger partial charge in [-0.15, -0.1) is 0 Å². The van der Waals surface area contributed by atoms with E-state index in [2.05, 4.69) is 21.1 Å². The maximum atomic E-state index is 13.4. The molecular formula is C15H9BrClFN2O. The van der Waals surface area contributed by atoms with Crippen molar-refractivity contribution in [2.24, 2.45) is 0 Å². The van der Waals surface area contributed by atoms with E-state index in [0.717, 1.165) is 10.0 Å². The van der Waals surface area contributed by atoms with Gasteiger partial charge in [0.2, 0.25) is 5.88 Å². The van der Waals surface area contributed by atoms with Crippen LogP contribution in [0.3, 0.4) is 0 Å². The highest BCUT2D eigenvalue weighted by molar-refractivity contribution is 9.10. The molecule has 3 nitrogen and oxygen atoms in total. The van der Waals surface area contributed by atoms with Gasteiger partial charge in [-0.2, -0.15) is 0 Å². The second kappa shape index (κ2) is 5.50. The minimum absolute atomic E-state index is 0.131. The van der Waals surface area contributed by atoms with E-state index < -0.39 is 0 Å². The number of benzene rings is 2. The van der Waals surface area contributed by atoms with Gasteiger partial charge in [0, 0.05) is 15.1 Å². The molecule has 0 spiro atoms. The molecule has 6 heteroatoms. The Hall–Kier alpha value is -1.85. The van der Waals surface area contributed by atoms with Crippen molar-refractivity contribution in [3.63, 3.8) is 0 Å². The summed E-state index contributed by atoms with van der Waals surface area (Å²) in [5.74, 6) is -0.224. The van der Waals surface area contributed by atoms with Gasteiger partial charge >= 0.3 is 0 Å². The van der Waals surface area contributed by atoms with Crippen LogP contribution in [0, 0.1) is 5.82 Å². The Kier molecular flexibility index (Phi) is 3.69. The molecule has 3 aromatic rings. The molecule has 0 bridgehead atoms. The summed E-state index contributed by atoms with van der Waals surface area (Å²) >= 11 is 9.43.